The molecule has 0 atom stereocenters. The maximum Gasteiger partial charge on any atom is 0.256 e. The van der Waals surface area contributed by atoms with Gasteiger partial charge in [0.05, 0.1) is 18.1 Å². The third-order valence-electron chi connectivity index (χ3n) is 4.61. The van der Waals surface area contributed by atoms with Crippen LogP contribution in [-0.2, 0) is 6.54 Å². The van der Waals surface area contributed by atoms with Crippen molar-refractivity contribution in [3.8, 4) is 11.3 Å². The highest BCUT2D eigenvalue weighted by Gasteiger charge is 2.15. The van der Waals surface area contributed by atoms with Gasteiger partial charge in [-0.15, -0.1) is 0 Å². The van der Waals surface area contributed by atoms with Gasteiger partial charge in [0.1, 0.15) is 5.56 Å². The summed E-state index contributed by atoms with van der Waals surface area (Å²) >= 11 is 0. The minimum absolute atomic E-state index is 0.166. The van der Waals surface area contributed by atoms with E-state index < -0.39 is 0 Å². The maximum atomic E-state index is 12.6. The van der Waals surface area contributed by atoms with Gasteiger partial charge in [0.25, 0.3) is 5.91 Å². The molecule has 7 nitrogen and oxygen atoms in total. The van der Waals surface area contributed by atoms with Crippen LogP contribution in [0.3, 0.4) is 0 Å². The number of nitrogens with zero attached hydrogens (tertiary/aromatic N) is 5. The standard InChI is InChI=1S/C21H22N6O/c1-15-4-6-17(7-5-15)19-8-10-22-20-18(13-25-27(19)20)21(28)23-9-3-11-26-14-16(2)12-24-26/h4-8,10,12-14H,3,9,11H2,1-2H3,(H,23,28). The lowest BCUT2D eigenvalue weighted by Crippen LogP contribution is -2.25. The van der Waals surface area contributed by atoms with Gasteiger partial charge in [0.15, 0.2) is 5.65 Å². The van der Waals surface area contributed by atoms with Gasteiger partial charge in [-0.2, -0.15) is 10.2 Å². The van der Waals surface area contributed by atoms with Gasteiger partial charge < -0.3 is 5.32 Å². The SMILES string of the molecule is Cc1ccc(-c2ccnc3c(C(=O)NCCCn4cc(C)cn4)cnn23)cc1. The van der Waals surface area contributed by atoms with E-state index in [-0.39, 0.29) is 5.91 Å². The highest BCUT2D eigenvalue weighted by Crippen LogP contribution is 2.21. The van der Waals surface area contributed by atoms with Gasteiger partial charge in [-0.05, 0) is 31.9 Å². The van der Waals surface area contributed by atoms with E-state index in [9.17, 15) is 4.79 Å². The molecule has 0 unspecified atom stereocenters. The van der Waals surface area contributed by atoms with E-state index in [1.807, 2.05) is 42.2 Å². The number of hydrogen-bond donors (Lipinski definition) is 1. The van der Waals surface area contributed by atoms with Crippen LogP contribution >= 0.6 is 0 Å². The molecule has 0 aliphatic rings. The molecule has 0 fully saturated rings. The molecule has 7 heteroatoms. The molecule has 0 saturated heterocycles. The summed E-state index contributed by atoms with van der Waals surface area (Å²) in [4.78, 5) is 17.0. The predicted molar refractivity (Wildman–Crippen MR) is 107 cm³/mol. The Balaban J connectivity index is 1.47. The average molecular weight is 374 g/mol. The van der Waals surface area contributed by atoms with Crippen LogP contribution < -0.4 is 5.32 Å². The normalized spacial score (nSPS) is 11.1. The Hall–Kier alpha value is -3.48. The summed E-state index contributed by atoms with van der Waals surface area (Å²) in [6, 6.07) is 10.1. The van der Waals surface area contributed by atoms with Crippen LogP contribution in [-0.4, -0.2) is 36.8 Å². The molecule has 0 aliphatic heterocycles. The largest absolute Gasteiger partial charge is 0.352 e. The van der Waals surface area contributed by atoms with Gasteiger partial charge in [0.2, 0.25) is 0 Å². The van der Waals surface area contributed by atoms with Crippen molar-refractivity contribution in [1.82, 2.24) is 29.7 Å². The quantitative estimate of drug-likeness (QED) is 0.526. The number of carbonyl (C=O) groups excluding carboxylic acids is 1. The first-order valence-corrected chi connectivity index (χ1v) is 9.29. The van der Waals surface area contributed by atoms with Gasteiger partial charge in [-0.1, -0.05) is 29.8 Å². The summed E-state index contributed by atoms with van der Waals surface area (Å²) in [7, 11) is 0. The van der Waals surface area contributed by atoms with E-state index in [1.165, 1.54) is 5.56 Å². The number of aryl methyl sites for hydroxylation is 3. The second kappa shape index (κ2) is 7.64. The fourth-order valence-corrected chi connectivity index (χ4v) is 3.12. The van der Waals surface area contributed by atoms with E-state index in [0.717, 1.165) is 29.8 Å². The first-order valence-electron chi connectivity index (χ1n) is 9.29. The lowest BCUT2D eigenvalue weighted by atomic mass is 10.1. The Kier molecular flexibility index (Phi) is 4.89. The number of carbonyl (C=O) groups is 1. The molecule has 1 N–H and O–H groups in total. The van der Waals surface area contributed by atoms with E-state index in [0.29, 0.717) is 17.8 Å². The van der Waals surface area contributed by atoms with Crippen LogP contribution in [0.2, 0.25) is 0 Å². The minimum atomic E-state index is -0.166. The molecule has 3 heterocycles. The summed E-state index contributed by atoms with van der Waals surface area (Å²) in [5, 5.41) is 11.6. The first kappa shape index (κ1) is 17.9. The van der Waals surface area contributed by atoms with Gasteiger partial charge in [-0.3, -0.25) is 9.48 Å². The number of benzene rings is 1. The van der Waals surface area contributed by atoms with Crippen molar-refractivity contribution in [2.45, 2.75) is 26.8 Å². The Morgan fingerprint density at radius 3 is 2.61 bits per heavy atom. The zero-order valence-corrected chi connectivity index (χ0v) is 16.0. The van der Waals surface area contributed by atoms with E-state index in [2.05, 4.69) is 39.6 Å². The molecule has 0 spiro atoms. The molecule has 3 aromatic heterocycles. The highest BCUT2D eigenvalue weighted by molar-refractivity contribution is 5.99. The third kappa shape index (κ3) is 3.64. The number of rotatable bonds is 6. The Morgan fingerprint density at radius 2 is 1.86 bits per heavy atom. The van der Waals surface area contributed by atoms with Crippen LogP contribution in [0.1, 0.15) is 27.9 Å². The van der Waals surface area contributed by atoms with Crippen LogP contribution in [0.5, 0.6) is 0 Å². The number of nitrogens with one attached hydrogen (secondary N) is 1. The van der Waals surface area contributed by atoms with E-state index in [1.54, 1.807) is 16.9 Å². The molecule has 0 radical (unpaired) electrons. The zero-order chi connectivity index (χ0) is 19.5. The monoisotopic (exact) mass is 374 g/mol. The predicted octanol–water partition coefficient (Wildman–Crippen LogP) is 3.03. The van der Waals surface area contributed by atoms with E-state index >= 15 is 0 Å². The average Bonchev–Trinajstić information content (AvgIpc) is 3.32. The lowest BCUT2D eigenvalue weighted by molar-refractivity contribution is 0.0954. The Labute approximate surface area is 163 Å². The van der Waals surface area contributed by atoms with Crippen molar-refractivity contribution >= 4 is 11.6 Å². The van der Waals surface area contributed by atoms with Crippen LogP contribution in [0, 0.1) is 13.8 Å². The van der Waals surface area contributed by atoms with Crippen LogP contribution in [0.25, 0.3) is 16.9 Å². The van der Waals surface area contributed by atoms with Crippen LogP contribution in [0.15, 0.2) is 55.1 Å². The summed E-state index contributed by atoms with van der Waals surface area (Å²) < 4.78 is 3.60. The number of aromatic nitrogens is 5. The zero-order valence-electron chi connectivity index (χ0n) is 16.0. The molecular weight excluding hydrogens is 352 g/mol. The fourth-order valence-electron chi connectivity index (χ4n) is 3.12. The van der Waals surface area contributed by atoms with E-state index in [4.69, 9.17) is 0 Å². The first-order chi connectivity index (χ1) is 13.6. The molecular formula is C21H22N6O. The third-order valence-corrected chi connectivity index (χ3v) is 4.61. The number of amides is 1. The van der Waals surface area contributed by atoms with Gasteiger partial charge in [0, 0.05) is 31.0 Å². The number of hydrogen-bond acceptors (Lipinski definition) is 4. The van der Waals surface area contributed by atoms with Crippen molar-refractivity contribution < 1.29 is 4.79 Å². The van der Waals surface area contributed by atoms with Gasteiger partial charge >= 0.3 is 0 Å². The van der Waals surface area contributed by atoms with Crippen molar-refractivity contribution in [3.63, 3.8) is 0 Å². The topological polar surface area (TPSA) is 77.1 Å². The minimum Gasteiger partial charge on any atom is -0.352 e. The van der Waals surface area contributed by atoms with Gasteiger partial charge in [-0.25, -0.2) is 9.50 Å². The molecule has 4 aromatic rings. The second-order valence-corrected chi connectivity index (χ2v) is 6.88. The van der Waals surface area contributed by atoms with Crippen molar-refractivity contribution in [1.29, 1.82) is 0 Å². The summed E-state index contributed by atoms with van der Waals surface area (Å²) in [6.07, 6.45) is 7.90. The molecule has 4 rings (SSSR count). The fraction of sp³-hybridized carbons (Fsp3) is 0.238. The van der Waals surface area contributed by atoms with Crippen molar-refractivity contribution in [3.05, 3.63) is 71.8 Å². The maximum absolute atomic E-state index is 12.6. The Morgan fingerprint density at radius 1 is 1.04 bits per heavy atom. The summed E-state index contributed by atoms with van der Waals surface area (Å²) in [5.74, 6) is -0.166. The Bertz CT molecular complexity index is 1110. The van der Waals surface area contributed by atoms with Crippen molar-refractivity contribution in [2.75, 3.05) is 6.54 Å². The molecule has 0 aliphatic carbocycles. The summed E-state index contributed by atoms with van der Waals surface area (Å²) in [5.41, 5.74) is 5.29. The van der Waals surface area contributed by atoms with Crippen LogP contribution in [0.4, 0.5) is 0 Å². The second-order valence-electron chi connectivity index (χ2n) is 6.88. The lowest BCUT2D eigenvalue weighted by Gasteiger charge is -2.06. The molecule has 1 aromatic carbocycles. The van der Waals surface area contributed by atoms with Crippen molar-refractivity contribution in [2.24, 2.45) is 0 Å². The molecule has 0 bridgehead atoms. The molecule has 0 saturated carbocycles. The molecule has 28 heavy (non-hydrogen) atoms. The molecule has 142 valence electrons. The smallest absolute Gasteiger partial charge is 0.256 e. The summed E-state index contributed by atoms with van der Waals surface area (Å²) in [6.45, 7) is 5.38. The number of fused-ring (bicyclic) bond motifs is 1. The molecule has 1 amide bonds. The highest BCUT2D eigenvalue weighted by atomic mass is 16.1.